The quantitative estimate of drug-likeness (QED) is 0.803. The SMILES string of the molecule is Cc1ccc2cc(C(=O)NCC3(O)CCCC3)[nH]c2c1. The zero-order valence-corrected chi connectivity index (χ0v) is 11.7. The molecule has 0 aliphatic heterocycles. The summed E-state index contributed by atoms with van der Waals surface area (Å²) in [7, 11) is 0. The van der Waals surface area contributed by atoms with Crippen molar-refractivity contribution in [3.05, 3.63) is 35.5 Å². The second kappa shape index (κ2) is 4.94. The Balaban J connectivity index is 1.72. The van der Waals surface area contributed by atoms with Crippen molar-refractivity contribution in [3.63, 3.8) is 0 Å². The van der Waals surface area contributed by atoms with Crippen LogP contribution in [-0.2, 0) is 0 Å². The van der Waals surface area contributed by atoms with Gasteiger partial charge in [0.15, 0.2) is 0 Å². The van der Waals surface area contributed by atoms with E-state index in [2.05, 4.69) is 10.3 Å². The number of hydrogen-bond acceptors (Lipinski definition) is 2. The van der Waals surface area contributed by atoms with Crippen molar-refractivity contribution in [3.8, 4) is 0 Å². The van der Waals surface area contributed by atoms with Crippen LogP contribution in [0.3, 0.4) is 0 Å². The Bertz CT molecular complexity index is 639. The number of carbonyl (C=O) groups is 1. The summed E-state index contributed by atoms with van der Waals surface area (Å²) in [5.41, 5.74) is 1.96. The molecule has 1 amide bonds. The van der Waals surface area contributed by atoms with Gasteiger partial charge in [0, 0.05) is 17.4 Å². The zero-order chi connectivity index (χ0) is 14.2. The van der Waals surface area contributed by atoms with Crippen molar-refractivity contribution in [2.45, 2.75) is 38.2 Å². The maximum Gasteiger partial charge on any atom is 0.267 e. The van der Waals surface area contributed by atoms with Gasteiger partial charge in [-0.05, 0) is 37.5 Å². The molecule has 0 spiro atoms. The van der Waals surface area contributed by atoms with Crippen molar-refractivity contribution in [1.82, 2.24) is 10.3 Å². The second-order valence-corrected chi connectivity index (χ2v) is 5.89. The Kier molecular flexibility index (Phi) is 3.26. The van der Waals surface area contributed by atoms with E-state index in [0.29, 0.717) is 12.2 Å². The fraction of sp³-hybridized carbons (Fsp3) is 0.438. The lowest BCUT2D eigenvalue weighted by molar-refractivity contribution is 0.0449. The molecule has 0 unspecified atom stereocenters. The first kappa shape index (κ1) is 13.2. The third kappa shape index (κ3) is 2.56. The van der Waals surface area contributed by atoms with Crippen LogP contribution < -0.4 is 5.32 Å². The largest absolute Gasteiger partial charge is 0.388 e. The number of fused-ring (bicyclic) bond motifs is 1. The van der Waals surface area contributed by atoms with E-state index in [4.69, 9.17) is 0 Å². The number of hydrogen-bond donors (Lipinski definition) is 3. The average molecular weight is 272 g/mol. The molecule has 1 aliphatic rings. The monoisotopic (exact) mass is 272 g/mol. The van der Waals surface area contributed by atoms with Gasteiger partial charge in [-0.25, -0.2) is 0 Å². The molecule has 0 bridgehead atoms. The van der Waals surface area contributed by atoms with E-state index in [1.165, 1.54) is 0 Å². The Morgan fingerprint density at radius 1 is 1.35 bits per heavy atom. The molecule has 1 fully saturated rings. The van der Waals surface area contributed by atoms with Crippen molar-refractivity contribution in [2.24, 2.45) is 0 Å². The molecular formula is C16H20N2O2. The van der Waals surface area contributed by atoms with Gasteiger partial charge in [0.2, 0.25) is 0 Å². The van der Waals surface area contributed by atoms with E-state index >= 15 is 0 Å². The van der Waals surface area contributed by atoms with Crippen LogP contribution >= 0.6 is 0 Å². The molecule has 0 atom stereocenters. The lowest BCUT2D eigenvalue weighted by atomic mass is 10.0. The second-order valence-electron chi connectivity index (χ2n) is 5.89. The van der Waals surface area contributed by atoms with Crippen LogP contribution in [0.1, 0.15) is 41.7 Å². The van der Waals surface area contributed by atoms with Crippen molar-refractivity contribution in [1.29, 1.82) is 0 Å². The van der Waals surface area contributed by atoms with Gasteiger partial charge in [-0.3, -0.25) is 4.79 Å². The molecule has 0 radical (unpaired) electrons. The number of H-pyrrole nitrogens is 1. The predicted molar refractivity (Wildman–Crippen MR) is 78.8 cm³/mol. The van der Waals surface area contributed by atoms with Crippen LogP contribution in [0.4, 0.5) is 0 Å². The molecule has 1 aromatic carbocycles. The van der Waals surface area contributed by atoms with E-state index in [9.17, 15) is 9.90 Å². The highest BCUT2D eigenvalue weighted by molar-refractivity contribution is 5.98. The first-order valence-corrected chi connectivity index (χ1v) is 7.16. The number of aromatic amines is 1. The van der Waals surface area contributed by atoms with Crippen LogP contribution in [0.25, 0.3) is 10.9 Å². The first-order chi connectivity index (χ1) is 9.56. The summed E-state index contributed by atoms with van der Waals surface area (Å²) in [5, 5.41) is 14.1. The fourth-order valence-electron chi connectivity index (χ4n) is 2.91. The molecule has 106 valence electrons. The van der Waals surface area contributed by atoms with Crippen molar-refractivity contribution < 1.29 is 9.90 Å². The minimum Gasteiger partial charge on any atom is -0.388 e. The van der Waals surface area contributed by atoms with Gasteiger partial charge in [-0.2, -0.15) is 0 Å². The predicted octanol–water partition coefficient (Wildman–Crippen LogP) is 2.51. The number of carbonyl (C=O) groups excluding carboxylic acids is 1. The highest BCUT2D eigenvalue weighted by Gasteiger charge is 2.31. The number of aliphatic hydroxyl groups is 1. The Labute approximate surface area is 118 Å². The summed E-state index contributed by atoms with van der Waals surface area (Å²) in [4.78, 5) is 15.3. The van der Waals surface area contributed by atoms with Gasteiger partial charge < -0.3 is 15.4 Å². The van der Waals surface area contributed by atoms with Gasteiger partial charge >= 0.3 is 0 Å². The van der Waals surface area contributed by atoms with Gasteiger partial charge in [0.25, 0.3) is 5.91 Å². The van der Waals surface area contributed by atoms with Gasteiger partial charge in [-0.1, -0.05) is 25.0 Å². The molecule has 20 heavy (non-hydrogen) atoms. The van der Waals surface area contributed by atoms with Gasteiger partial charge in [0.1, 0.15) is 5.69 Å². The lowest BCUT2D eigenvalue weighted by Gasteiger charge is -2.22. The Morgan fingerprint density at radius 2 is 2.10 bits per heavy atom. The summed E-state index contributed by atoms with van der Waals surface area (Å²) in [6.07, 6.45) is 3.63. The molecule has 1 heterocycles. The number of aryl methyl sites for hydroxylation is 1. The molecule has 1 aromatic heterocycles. The average Bonchev–Trinajstić information content (AvgIpc) is 3.02. The maximum atomic E-state index is 12.1. The number of nitrogens with one attached hydrogen (secondary N) is 2. The summed E-state index contributed by atoms with van der Waals surface area (Å²) in [6.45, 7) is 2.36. The topological polar surface area (TPSA) is 65.1 Å². The fourth-order valence-corrected chi connectivity index (χ4v) is 2.91. The van der Waals surface area contributed by atoms with Gasteiger partial charge in [-0.15, -0.1) is 0 Å². The lowest BCUT2D eigenvalue weighted by Crippen LogP contribution is -2.40. The van der Waals surface area contributed by atoms with E-state index in [-0.39, 0.29) is 5.91 Å². The number of amides is 1. The number of aromatic nitrogens is 1. The van der Waals surface area contributed by atoms with Crippen molar-refractivity contribution >= 4 is 16.8 Å². The first-order valence-electron chi connectivity index (χ1n) is 7.16. The normalized spacial score (nSPS) is 17.5. The summed E-state index contributed by atoms with van der Waals surface area (Å²) in [5.74, 6) is -0.154. The third-order valence-corrected chi connectivity index (χ3v) is 4.13. The standard InChI is InChI=1S/C16H20N2O2/c1-11-4-5-12-9-14(18-13(12)8-11)15(19)17-10-16(20)6-2-3-7-16/h4-5,8-9,18,20H,2-3,6-7,10H2,1H3,(H,17,19). The molecule has 3 rings (SSSR count). The van der Waals surface area contributed by atoms with Crippen LogP contribution in [0.5, 0.6) is 0 Å². The minimum atomic E-state index is -0.710. The van der Waals surface area contributed by atoms with E-state index in [0.717, 1.165) is 42.1 Å². The summed E-state index contributed by atoms with van der Waals surface area (Å²) < 4.78 is 0. The molecule has 2 aromatic rings. The van der Waals surface area contributed by atoms with E-state index in [1.54, 1.807) is 0 Å². The Morgan fingerprint density at radius 3 is 2.85 bits per heavy atom. The molecule has 3 N–H and O–H groups in total. The van der Waals surface area contributed by atoms with Crippen LogP contribution in [-0.4, -0.2) is 28.1 Å². The van der Waals surface area contributed by atoms with Crippen LogP contribution in [0, 0.1) is 6.92 Å². The molecule has 4 nitrogen and oxygen atoms in total. The molecular weight excluding hydrogens is 252 g/mol. The maximum absolute atomic E-state index is 12.1. The minimum absolute atomic E-state index is 0.154. The molecule has 1 saturated carbocycles. The van der Waals surface area contributed by atoms with Crippen LogP contribution in [0.2, 0.25) is 0 Å². The van der Waals surface area contributed by atoms with Gasteiger partial charge in [0.05, 0.1) is 5.60 Å². The zero-order valence-electron chi connectivity index (χ0n) is 11.7. The smallest absolute Gasteiger partial charge is 0.267 e. The summed E-state index contributed by atoms with van der Waals surface area (Å²) >= 11 is 0. The molecule has 4 heteroatoms. The van der Waals surface area contributed by atoms with E-state index in [1.807, 2.05) is 31.2 Å². The van der Waals surface area contributed by atoms with Crippen molar-refractivity contribution in [2.75, 3.05) is 6.54 Å². The number of rotatable bonds is 3. The highest BCUT2D eigenvalue weighted by Crippen LogP contribution is 2.28. The number of benzene rings is 1. The third-order valence-electron chi connectivity index (χ3n) is 4.13. The molecule has 1 aliphatic carbocycles. The molecule has 0 saturated heterocycles. The summed E-state index contributed by atoms with van der Waals surface area (Å²) in [6, 6.07) is 7.90. The van der Waals surface area contributed by atoms with E-state index < -0.39 is 5.60 Å². The highest BCUT2D eigenvalue weighted by atomic mass is 16.3. The van der Waals surface area contributed by atoms with Crippen LogP contribution in [0.15, 0.2) is 24.3 Å². The Hall–Kier alpha value is -1.81.